The van der Waals surface area contributed by atoms with Gasteiger partial charge in [0.15, 0.2) is 0 Å². The minimum Gasteiger partial charge on any atom is -0.497 e. The lowest BCUT2D eigenvalue weighted by Gasteiger charge is -2.06. The van der Waals surface area contributed by atoms with Crippen molar-refractivity contribution >= 4 is 11.0 Å². The first-order valence-electron chi connectivity index (χ1n) is 6.56. The fourth-order valence-electron chi connectivity index (χ4n) is 2.17. The second-order valence-electron chi connectivity index (χ2n) is 4.91. The van der Waals surface area contributed by atoms with Gasteiger partial charge in [0.25, 0.3) is 0 Å². The van der Waals surface area contributed by atoms with Crippen LogP contribution >= 0.6 is 0 Å². The molecule has 3 nitrogen and oxygen atoms in total. The Morgan fingerprint density at radius 1 is 0.900 bits per heavy atom. The van der Waals surface area contributed by atoms with E-state index >= 15 is 0 Å². The van der Waals surface area contributed by atoms with Crippen LogP contribution in [-0.2, 0) is 0 Å². The molecule has 1 aromatic heterocycles. The Morgan fingerprint density at radius 2 is 1.55 bits per heavy atom. The van der Waals surface area contributed by atoms with Gasteiger partial charge in [-0.3, -0.25) is 4.98 Å². The number of fused-ring (bicyclic) bond motifs is 1. The van der Waals surface area contributed by atoms with Crippen LogP contribution in [-0.4, -0.2) is 17.1 Å². The minimum atomic E-state index is 0.842. The molecule has 0 unspecified atom stereocenters. The summed E-state index contributed by atoms with van der Waals surface area (Å²) in [6.45, 7) is 4.18. The van der Waals surface area contributed by atoms with E-state index in [1.807, 2.05) is 30.5 Å². The summed E-state index contributed by atoms with van der Waals surface area (Å²) in [7, 11) is 1.66. The van der Waals surface area contributed by atoms with Crippen LogP contribution in [0.25, 0.3) is 22.3 Å². The van der Waals surface area contributed by atoms with Gasteiger partial charge in [-0.25, -0.2) is 4.98 Å². The maximum atomic E-state index is 5.17. The smallest absolute Gasteiger partial charge is 0.118 e. The predicted octanol–water partition coefficient (Wildman–Crippen LogP) is 3.92. The largest absolute Gasteiger partial charge is 0.497 e. The van der Waals surface area contributed by atoms with Crippen molar-refractivity contribution < 1.29 is 4.74 Å². The van der Waals surface area contributed by atoms with Gasteiger partial charge in [0, 0.05) is 5.56 Å². The third-order valence-corrected chi connectivity index (χ3v) is 3.54. The molecule has 0 fully saturated rings. The molecule has 0 bridgehead atoms. The highest BCUT2D eigenvalue weighted by atomic mass is 16.5. The van der Waals surface area contributed by atoms with Crippen molar-refractivity contribution in [2.75, 3.05) is 7.11 Å². The molecule has 0 saturated carbocycles. The highest BCUT2D eigenvalue weighted by molar-refractivity contribution is 5.78. The van der Waals surface area contributed by atoms with Crippen LogP contribution in [0.3, 0.4) is 0 Å². The van der Waals surface area contributed by atoms with E-state index in [1.165, 1.54) is 11.1 Å². The van der Waals surface area contributed by atoms with Gasteiger partial charge in [-0.15, -0.1) is 0 Å². The average Bonchev–Trinajstić information content (AvgIpc) is 2.48. The summed E-state index contributed by atoms with van der Waals surface area (Å²) in [4.78, 5) is 9.21. The number of rotatable bonds is 2. The summed E-state index contributed by atoms with van der Waals surface area (Å²) in [6, 6.07) is 12.0. The average molecular weight is 264 g/mol. The van der Waals surface area contributed by atoms with Gasteiger partial charge in [-0.05, 0) is 61.4 Å². The molecular formula is C17H16N2O. The minimum absolute atomic E-state index is 0.842. The van der Waals surface area contributed by atoms with Gasteiger partial charge in [-0.1, -0.05) is 0 Å². The summed E-state index contributed by atoms with van der Waals surface area (Å²) < 4.78 is 5.17. The highest BCUT2D eigenvalue weighted by Gasteiger charge is 2.05. The van der Waals surface area contributed by atoms with Crippen molar-refractivity contribution in [1.29, 1.82) is 0 Å². The Hall–Kier alpha value is -2.42. The van der Waals surface area contributed by atoms with Gasteiger partial charge in [0.2, 0.25) is 0 Å². The first-order valence-corrected chi connectivity index (χ1v) is 6.56. The van der Waals surface area contributed by atoms with Crippen molar-refractivity contribution in [3.05, 3.63) is 53.7 Å². The van der Waals surface area contributed by atoms with E-state index in [-0.39, 0.29) is 0 Å². The van der Waals surface area contributed by atoms with Crippen LogP contribution < -0.4 is 4.74 Å². The Morgan fingerprint density at radius 3 is 2.20 bits per heavy atom. The highest BCUT2D eigenvalue weighted by Crippen LogP contribution is 2.23. The van der Waals surface area contributed by atoms with Crippen LogP contribution in [0.2, 0.25) is 0 Å². The molecule has 0 N–H and O–H groups in total. The van der Waals surface area contributed by atoms with Crippen molar-refractivity contribution in [3.8, 4) is 17.0 Å². The molecule has 1 heterocycles. The molecule has 0 amide bonds. The Kier molecular flexibility index (Phi) is 3.11. The quantitative estimate of drug-likeness (QED) is 0.703. The van der Waals surface area contributed by atoms with Gasteiger partial charge in [0.05, 0.1) is 30.0 Å². The second kappa shape index (κ2) is 4.93. The number of aromatic nitrogens is 2. The maximum absolute atomic E-state index is 5.17. The SMILES string of the molecule is COc1ccc(-c2cnc3cc(C)c(C)cc3n2)cc1. The van der Waals surface area contributed by atoms with Crippen molar-refractivity contribution in [3.63, 3.8) is 0 Å². The van der Waals surface area contributed by atoms with E-state index in [2.05, 4.69) is 31.0 Å². The van der Waals surface area contributed by atoms with Gasteiger partial charge < -0.3 is 4.74 Å². The van der Waals surface area contributed by atoms with Crippen LogP contribution in [0.1, 0.15) is 11.1 Å². The second-order valence-corrected chi connectivity index (χ2v) is 4.91. The topological polar surface area (TPSA) is 35.0 Å². The summed E-state index contributed by atoms with van der Waals surface area (Å²) in [5.74, 6) is 0.842. The number of nitrogens with zero attached hydrogens (tertiary/aromatic N) is 2. The molecule has 0 aliphatic carbocycles. The zero-order chi connectivity index (χ0) is 14.1. The fraction of sp³-hybridized carbons (Fsp3) is 0.176. The van der Waals surface area contributed by atoms with E-state index in [9.17, 15) is 0 Å². The lowest BCUT2D eigenvalue weighted by Crippen LogP contribution is -1.91. The van der Waals surface area contributed by atoms with Crippen molar-refractivity contribution in [1.82, 2.24) is 9.97 Å². The summed E-state index contributed by atoms with van der Waals surface area (Å²) in [5, 5.41) is 0. The molecule has 3 rings (SSSR count). The zero-order valence-corrected chi connectivity index (χ0v) is 11.8. The molecule has 0 radical (unpaired) electrons. The van der Waals surface area contributed by atoms with Crippen LogP contribution in [0, 0.1) is 13.8 Å². The molecule has 2 aromatic carbocycles. The first kappa shape index (κ1) is 12.6. The molecule has 3 heteroatoms. The molecular weight excluding hydrogens is 248 g/mol. The van der Waals surface area contributed by atoms with Crippen LogP contribution in [0.15, 0.2) is 42.6 Å². The Bertz CT molecular complexity index is 764. The third-order valence-electron chi connectivity index (χ3n) is 3.54. The van der Waals surface area contributed by atoms with Gasteiger partial charge >= 0.3 is 0 Å². The Balaban J connectivity index is 2.09. The number of aryl methyl sites for hydroxylation is 2. The van der Waals surface area contributed by atoms with E-state index < -0.39 is 0 Å². The van der Waals surface area contributed by atoms with E-state index in [0.717, 1.165) is 28.0 Å². The predicted molar refractivity (Wildman–Crippen MR) is 81.0 cm³/mol. The number of methoxy groups -OCH3 is 1. The molecule has 3 aromatic rings. The molecule has 0 aliphatic heterocycles. The number of ether oxygens (including phenoxy) is 1. The number of hydrogen-bond acceptors (Lipinski definition) is 3. The van der Waals surface area contributed by atoms with E-state index in [4.69, 9.17) is 9.72 Å². The molecule has 0 saturated heterocycles. The van der Waals surface area contributed by atoms with Crippen molar-refractivity contribution in [2.45, 2.75) is 13.8 Å². The standard InChI is InChI=1S/C17H16N2O/c1-11-8-15-16(9-12(11)2)19-17(10-18-15)13-4-6-14(20-3)7-5-13/h4-10H,1-3H3. The van der Waals surface area contributed by atoms with Crippen LogP contribution in [0.4, 0.5) is 0 Å². The number of hydrogen-bond donors (Lipinski definition) is 0. The summed E-state index contributed by atoms with van der Waals surface area (Å²) >= 11 is 0. The first-order chi connectivity index (χ1) is 9.67. The van der Waals surface area contributed by atoms with E-state index in [0.29, 0.717) is 0 Å². The lowest BCUT2D eigenvalue weighted by molar-refractivity contribution is 0.415. The zero-order valence-electron chi connectivity index (χ0n) is 11.8. The molecule has 0 atom stereocenters. The normalized spacial score (nSPS) is 10.8. The Labute approximate surface area is 118 Å². The summed E-state index contributed by atoms with van der Waals surface area (Å²) in [5.41, 5.74) is 6.26. The summed E-state index contributed by atoms with van der Waals surface area (Å²) in [6.07, 6.45) is 1.82. The fourth-order valence-corrected chi connectivity index (χ4v) is 2.17. The molecule has 100 valence electrons. The molecule has 0 aliphatic rings. The number of benzene rings is 2. The van der Waals surface area contributed by atoms with Crippen LogP contribution in [0.5, 0.6) is 5.75 Å². The van der Waals surface area contributed by atoms with Gasteiger partial charge in [-0.2, -0.15) is 0 Å². The van der Waals surface area contributed by atoms with Crippen molar-refractivity contribution in [2.24, 2.45) is 0 Å². The monoisotopic (exact) mass is 264 g/mol. The third kappa shape index (κ3) is 2.23. The maximum Gasteiger partial charge on any atom is 0.118 e. The molecule has 20 heavy (non-hydrogen) atoms. The van der Waals surface area contributed by atoms with Gasteiger partial charge in [0.1, 0.15) is 5.75 Å². The molecule has 0 spiro atoms. The van der Waals surface area contributed by atoms with E-state index in [1.54, 1.807) is 7.11 Å². The lowest BCUT2D eigenvalue weighted by atomic mass is 10.1.